The summed E-state index contributed by atoms with van der Waals surface area (Å²) in [5, 5.41) is 0. The van der Waals surface area contributed by atoms with Crippen LogP contribution in [-0.2, 0) is 16.1 Å². The van der Waals surface area contributed by atoms with Gasteiger partial charge in [0.15, 0.2) is 0 Å². The number of aryl methyl sites for hydroxylation is 1. The van der Waals surface area contributed by atoms with Crippen molar-refractivity contribution in [2.24, 2.45) is 0 Å². The summed E-state index contributed by atoms with van der Waals surface area (Å²) in [5.74, 6) is 0.553. The van der Waals surface area contributed by atoms with Crippen molar-refractivity contribution in [2.45, 2.75) is 31.8 Å². The molecular formula is C22H27N5O3. The van der Waals surface area contributed by atoms with E-state index in [0.29, 0.717) is 45.0 Å². The highest BCUT2D eigenvalue weighted by Gasteiger charge is 2.57. The SMILES string of the molecule is COCCN1C(=O)N(Cc2ccccc2)C2(CCN(c3nccc(C)n3)CC2)C1=O. The van der Waals surface area contributed by atoms with Gasteiger partial charge in [0.2, 0.25) is 5.95 Å². The van der Waals surface area contributed by atoms with Gasteiger partial charge in [-0.2, -0.15) is 0 Å². The van der Waals surface area contributed by atoms with Crippen molar-refractivity contribution < 1.29 is 14.3 Å². The second-order valence-electron chi connectivity index (χ2n) is 7.82. The van der Waals surface area contributed by atoms with E-state index in [1.165, 1.54) is 4.90 Å². The van der Waals surface area contributed by atoms with Gasteiger partial charge in [-0.15, -0.1) is 0 Å². The Morgan fingerprint density at radius 2 is 1.83 bits per heavy atom. The molecule has 2 aliphatic rings. The topological polar surface area (TPSA) is 78.9 Å². The maximum atomic E-state index is 13.5. The standard InChI is InChI=1S/C22H27N5O3/c1-17-8-11-23-20(24-17)25-12-9-22(10-13-25)19(28)26(14-15-30-2)21(29)27(22)16-18-6-4-3-5-7-18/h3-8,11H,9-10,12-16H2,1-2H3. The smallest absolute Gasteiger partial charge is 0.328 e. The molecule has 158 valence electrons. The molecule has 0 unspecified atom stereocenters. The van der Waals surface area contributed by atoms with E-state index in [4.69, 9.17) is 4.74 Å². The molecule has 0 aliphatic carbocycles. The summed E-state index contributed by atoms with van der Waals surface area (Å²) < 4.78 is 5.13. The number of piperidine rings is 1. The first-order valence-corrected chi connectivity index (χ1v) is 10.3. The van der Waals surface area contributed by atoms with Crippen LogP contribution in [0.2, 0.25) is 0 Å². The molecule has 1 aromatic heterocycles. The molecule has 3 heterocycles. The summed E-state index contributed by atoms with van der Waals surface area (Å²) in [6, 6.07) is 11.4. The number of hydrogen-bond donors (Lipinski definition) is 0. The van der Waals surface area contributed by atoms with Crippen molar-refractivity contribution in [2.75, 3.05) is 38.3 Å². The Morgan fingerprint density at radius 1 is 1.10 bits per heavy atom. The third-order valence-electron chi connectivity index (χ3n) is 5.98. The zero-order chi connectivity index (χ0) is 21.1. The van der Waals surface area contributed by atoms with Gasteiger partial charge < -0.3 is 14.5 Å². The lowest BCUT2D eigenvalue weighted by molar-refractivity contribution is -0.134. The molecule has 2 aliphatic heterocycles. The predicted octanol–water partition coefficient (Wildman–Crippen LogP) is 2.23. The summed E-state index contributed by atoms with van der Waals surface area (Å²) in [5.41, 5.74) is 1.08. The summed E-state index contributed by atoms with van der Waals surface area (Å²) in [7, 11) is 1.57. The van der Waals surface area contributed by atoms with E-state index < -0.39 is 5.54 Å². The Morgan fingerprint density at radius 3 is 2.50 bits per heavy atom. The molecule has 0 bridgehead atoms. The molecule has 4 rings (SSSR count). The lowest BCUT2D eigenvalue weighted by Crippen LogP contribution is -2.56. The summed E-state index contributed by atoms with van der Waals surface area (Å²) in [4.78, 5) is 40.8. The second-order valence-corrected chi connectivity index (χ2v) is 7.82. The fraction of sp³-hybridized carbons (Fsp3) is 0.455. The fourth-order valence-corrected chi connectivity index (χ4v) is 4.30. The normalized spacial score (nSPS) is 18.5. The Labute approximate surface area is 176 Å². The van der Waals surface area contributed by atoms with Crippen molar-refractivity contribution in [3.05, 3.63) is 53.9 Å². The number of aromatic nitrogens is 2. The van der Waals surface area contributed by atoms with E-state index in [1.54, 1.807) is 18.2 Å². The van der Waals surface area contributed by atoms with Gasteiger partial charge in [-0.3, -0.25) is 9.69 Å². The number of hydrogen-bond acceptors (Lipinski definition) is 6. The minimum atomic E-state index is -0.832. The molecule has 8 heteroatoms. The first-order chi connectivity index (χ1) is 14.5. The molecular weight excluding hydrogens is 382 g/mol. The maximum absolute atomic E-state index is 13.5. The highest BCUT2D eigenvalue weighted by Crippen LogP contribution is 2.39. The molecule has 2 fully saturated rings. The van der Waals surface area contributed by atoms with Gasteiger partial charge in [0.1, 0.15) is 5.54 Å². The van der Waals surface area contributed by atoms with Crippen LogP contribution in [0.15, 0.2) is 42.6 Å². The van der Waals surface area contributed by atoms with Crippen LogP contribution in [0.1, 0.15) is 24.1 Å². The van der Waals surface area contributed by atoms with Crippen LogP contribution in [0.3, 0.4) is 0 Å². The van der Waals surface area contributed by atoms with Crippen LogP contribution >= 0.6 is 0 Å². The number of anilines is 1. The second kappa shape index (κ2) is 8.39. The number of imide groups is 1. The highest BCUT2D eigenvalue weighted by atomic mass is 16.5. The lowest BCUT2D eigenvalue weighted by Gasteiger charge is -2.42. The van der Waals surface area contributed by atoms with E-state index in [2.05, 4.69) is 14.9 Å². The Bertz CT molecular complexity index is 912. The molecule has 8 nitrogen and oxygen atoms in total. The summed E-state index contributed by atoms with van der Waals surface area (Å²) in [6.07, 6.45) is 2.84. The van der Waals surface area contributed by atoms with E-state index in [-0.39, 0.29) is 18.5 Å². The van der Waals surface area contributed by atoms with Crippen LogP contribution in [-0.4, -0.2) is 70.6 Å². The first kappa shape index (κ1) is 20.3. The number of urea groups is 1. The molecule has 0 atom stereocenters. The first-order valence-electron chi connectivity index (χ1n) is 10.3. The number of rotatable bonds is 6. The monoisotopic (exact) mass is 409 g/mol. The predicted molar refractivity (Wildman–Crippen MR) is 112 cm³/mol. The highest BCUT2D eigenvalue weighted by molar-refractivity contribution is 6.07. The number of ether oxygens (including phenoxy) is 1. The average Bonchev–Trinajstić information content (AvgIpc) is 2.95. The van der Waals surface area contributed by atoms with Crippen molar-refractivity contribution in [3.8, 4) is 0 Å². The number of methoxy groups -OCH3 is 1. The molecule has 2 aromatic rings. The van der Waals surface area contributed by atoms with Crippen molar-refractivity contribution in [1.29, 1.82) is 0 Å². The molecule has 0 N–H and O–H groups in total. The lowest BCUT2D eigenvalue weighted by atomic mass is 9.85. The van der Waals surface area contributed by atoms with E-state index >= 15 is 0 Å². The van der Waals surface area contributed by atoms with E-state index in [0.717, 1.165) is 11.3 Å². The zero-order valence-electron chi connectivity index (χ0n) is 17.5. The minimum Gasteiger partial charge on any atom is -0.383 e. The number of carbonyl (C=O) groups is 2. The zero-order valence-corrected chi connectivity index (χ0v) is 17.5. The van der Waals surface area contributed by atoms with Crippen LogP contribution in [0, 0.1) is 6.92 Å². The quantitative estimate of drug-likeness (QED) is 0.681. The molecule has 0 saturated carbocycles. The molecule has 3 amide bonds. The van der Waals surface area contributed by atoms with Gasteiger partial charge in [0.05, 0.1) is 13.2 Å². The van der Waals surface area contributed by atoms with E-state index in [1.807, 2.05) is 43.3 Å². The Kier molecular flexibility index (Phi) is 5.67. The number of amides is 3. The minimum absolute atomic E-state index is 0.120. The van der Waals surface area contributed by atoms with Gasteiger partial charge in [-0.1, -0.05) is 30.3 Å². The van der Waals surface area contributed by atoms with Crippen molar-refractivity contribution in [1.82, 2.24) is 19.8 Å². The van der Waals surface area contributed by atoms with Gasteiger partial charge in [-0.05, 0) is 31.4 Å². The van der Waals surface area contributed by atoms with Crippen LogP contribution in [0.4, 0.5) is 10.7 Å². The largest absolute Gasteiger partial charge is 0.383 e. The molecule has 1 aromatic carbocycles. The molecule has 1 spiro atoms. The van der Waals surface area contributed by atoms with Crippen LogP contribution in [0.25, 0.3) is 0 Å². The van der Waals surface area contributed by atoms with Crippen LogP contribution < -0.4 is 4.90 Å². The fourth-order valence-electron chi connectivity index (χ4n) is 4.30. The molecule has 0 radical (unpaired) electrons. The van der Waals surface area contributed by atoms with Crippen molar-refractivity contribution >= 4 is 17.9 Å². The molecule has 2 saturated heterocycles. The Balaban J connectivity index is 1.59. The van der Waals surface area contributed by atoms with Gasteiger partial charge in [0.25, 0.3) is 5.91 Å². The number of carbonyl (C=O) groups excluding carboxylic acids is 2. The Hall–Kier alpha value is -3.00. The van der Waals surface area contributed by atoms with Crippen molar-refractivity contribution in [3.63, 3.8) is 0 Å². The third kappa shape index (κ3) is 3.63. The third-order valence-corrected chi connectivity index (χ3v) is 5.98. The average molecular weight is 409 g/mol. The number of nitrogens with zero attached hydrogens (tertiary/aromatic N) is 5. The van der Waals surface area contributed by atoms with Gasteiger partial charge >= 0.3 is 6.03 Å². The van der Waals surface area contributed by atoms with Gasteiger partial charge in [0, 0.05) is 38.6 Å². The van der Waals surface area contributed by atoms with E-state index in [9.17, 15) is 9.59 Å². The van der Waals surface area contributed by atoms with Crippen LogP contribution in [0.5, 0.6) is 0 Å². The maximum Gasteiger partial charge on any atom is 0.328 e. The van der Waals surface area contributed by atoms with Gasteiger partial charge in [-0.25, -0.2) is 14.8 Å². The summed E-state index contributed by atoms with van der Waals surface area (Å²) >= 11 is 0. The molecule has 30 heavy (non-hydrogen) atoms. The summed E-state index contributed by atoms with van der Waals surface area (Å²) in [6.45, 7) is 4.18. The number of benzene rings is 1.